The SMILES string of the molecule is Clc1ccc(-n2ccnn2)c(Cc2ccccc2)c1. The summed E-state index contributed by atoms with van der Waals surface area (Å²) in [5.74, 6) is 0. The molecule has 1 aromatic heterocycles. The van der Waals surface area contributed by atoms with Crippen LogP contribution in [0, 0.1) is 0 Å². The van der Waals surface area contributed by atoms with Gasteiger partial charge in [0.25, 0.3) is 0 Å². The molecule has 0 N–H and O–H groups in total. The van der Waals surface area contributed by atoms with Crippen molar-refractivity contribution < 1.29 is 0 Å². The number of hydrogen-bond acceptors (Lipinski definition) is 2. The van der Waals surface area contributed by atoms with Gasteiger partial charge < -0.3 is 0 Å². The molecule has 0 radical (unpaired) electrons. The minimum Gasteiger partial charge on any atom is -0.220 e. The molecule has 0 bridgehead atoms. The summed E-state index contributed by atoms with van der Waals surface area (Å²) < 4.78 is 1.76. The van der Waals surface area contributed by atoms with E-state index in [1.807, 2.05) is 42.6 Å². The second-order valence-electron chi connectivity index (χ2n) is 4.28. The average molecular weight is 270 g/mol. The molecule has 0 amide bonds. The summed E-state index contributed by atoms with van der Waals surface area (Å²) in [6, 6.07) is 16.1. The van der Waals surface area contributed by atoms with Gasteiger partial charge >= 0.3 is 0 Å². The Kier molecular flexibility index (Phi) is 3.29. The quantitative estimate of drug-likeness (QED) is 0.728. The van der Waals surface area contributed by atoms with E-state index in [2.05, 4.69) is 22.4 Å². The molecule has 2 aromatic carbocycles. The number of halogens is 1. The van der Waals surface area contributed by atoms with E-state index in [4.69, 9.17) is 11.6 Å². The van der Waals surface area contributed by atoms with Crippen molar-refractivity contribution in [3.63, 3.8) is 0 Å². The van der Waals surface area contributed by atoms with Crippen LogP contribution in [0.15, 0.2) is 60.9 Å². The average Bonchev–Trinajstić information content (AvgIpc) is 2.94. The van der Waals surface area contributed by atoms with Gasteiger partial charge in [-0.3, -0.25) is 0 Å². The van der Waals surface area contributed by atoms with Crippen LogP contribution in [-0.2, 0) is 6.42 Å². The van der Waals surface area contributed by atoms with Crippen molar-refractivity contribution in [1.82, 2.24) is 15.0 Å². The summed E-state index contributed by atoms with van der Waals surface area (Å²) in [4.78, 5) is 0. The molecule has 0 unspecified atom stereocenters. The molecule has 4 heteroatoms. The molecule has 0 aliphatic heterocycles. The summed E-state index contributed by atoms with van der Waals surface area (Å²) in [5.41, 5.74) is 3.38. The minimum absolute atomic E-state index is 0.731. The molecule has 0 saturated carbocycles. The van der Waals surface area contributed by atoms with E-state index >= 15 is 0 Å². The third kappa shape index (κ3) is 2.66. The molecule has 19 heavy (non-hydrogen) atoms. The monoisotopic (exact) mass is 269 g/mol. The van der Waals surface area contributed by atoms with Gasteiger partial charge in [-0.1, -0.05) is 47.1 Å². The summed E-state index contributed by atoms with van der Waals surface area (Å²) in [7, 11) is 0. The topological polar surface area (TPSA) is 30.7 Å². The van der Waals surface area contributed by atoms with E-state index in [1.165, 1.54) is 5.56 Å². The lowest BCUT2D eigenvalue weighted by molar-refractivity contribution is 0.795. The first-order valence-corrected chi connectivity index (χ1v) is 6.40. The fourth-order valence-corrected chi connectivity index (χ4v) is 2.27. The van der Waals surface area contributed by atoms with Crippen LogP contribution in [0.3, 0.4) is 0 Å². The van der Waals surface area contributed by atoms with Gasteiger partial charge in [-0.05, 0) is 35.7 Å². The molecule has 0 aliphatic carbocycles. The van der Waals surface area contributed by atoms with Crippen LogP contribution >= 0.6 is 11.6 Å². The van der Waals surface area contributed by atoms with Crippen molar-refractivity contribution in [3.8, 4) is 5.69 Å². The lowest BCUT2D eigenvalue weighted by atomic mass is 10.0. The Morgan fingerprint density at radius 2 is 1.89 bits per heavy atom. The maximum atomic E-state index is 6.10. The van der Waals surface area contributed by atoms with Gasteiger partial charge in [0.2, 0.25) is 0 Å². The first-order chi connectivity index (χ1) is 9.33. The van der Waals surface area contributed by atoms with Gasteiger partial charge in [0.1, 0.15) is 0 Å². The fourth-order valence-electron chi connectivity index (χ4n) is 2.07. The molecule has 3 rings (SSSR count). The van der Waals surface area contributed by atoms with Gasteiger partial charge in [0, 0.05) is 5.02 Å². The highest BCUT2D eigenvalue weighted by atomic mass is 35.5. The zero-order valence-corrected chi connectivity index (χ0v) is 11.0. The van der Waals surface area contributed by atoms with Gasteiger partial charge in [-0.2, -0.15) is 0 Å². The number of rotatable bonds is 3. The van der Waals surface area contributed by atoms with Crippen LogP contribution in [0.25, 0.3) is 5.69 Å². The van der Waals surface area contributed by atoms with E-state index in [-0.39, 0.29) is 0 Å². The molecule has 3 aromatic rings. The Morgan fingerprint density at radius 3 is 2.63 bits per heavy atom. The summed E-state index contributed by atoms with van der Waals surface area (Å²) in [6.45, 7) is 0. The lowest BCUT2D eigenvalue weighted by Crippen LogP contribution is -2.01. The Bertz CT molecular complexity index is 663. The molecule has 1 heterocycles. The maximum Gasteiger partial charge on any atom is 0.0699 e. The van der Waals surface area contributed by atoms with Gasteiger partial charge in [-0.25, -0.2) is 4.68 Å². The second kappa shape index (κ2) is 5.24. The number of hydrogen-bond donors (Lipinski definition) is 0. The van der Waals surface area contributed by atoms with Crippen molar-refractivity contribution in [2.24, 2.45) is 0 Å². The Hall–Kier alpha value is -2.13. The molecular formula is C15H12ClN3. The minimum atomic E-state index is 0.731. The smallest absolute Gasteiger partial charge is 0.0699 e. The van der Waals surface area contributed by atoms with E-state index in [1.54, 1.807) is 10.9 Å². The van der Waals surface area contributed by atoms with Crippen LogP contribution in [0.4, 0.5) is 0 Å². The predicted molar refractivity (Wildman–Crippen MR) is 75.6 cm³/mol. The molecular weight excluding hydrogens is 258 g/mol. The van der Waals surface area contributed by atoms with Gasteiger partial charge in [0.15, 0.2) is 0 Å². The van der Waals surface area contributed by atoms with Crippen molar-refractivity contribution in [2.75, 3.05) is 0 Å². The van der Waals surface area contributed by atoms with Gasteiger partial charge in [-0.15, -0.1) is 5.10 Å². The molecule has 0 aliphatic rings. The van der Waals surface area contributed by atoms with Crippen molar-refractivity contribution >= 4 is 11.6 Å². The zero-order chi connectivity index (χ0) is 13.1. The summed E-state index contributed by atoms with van der Waals surface area (Å²) in [5, 5.41) is 8.62. The van der Waals surface area contributed by atoms with Gasteiger partial charge in [0.05, 0.1) is 18.1 Å². The van der Waals surface area contributed by atoms with Crippen LogP contribution in [0.2, 0.25) is 5.02 Å². The summed E-state index contributed by atoms with van der Waals surface area (Å²) in [6.07, 6.45) is 4.31. The molecule has 0 spiro atoms. The maximum absolute atomic E-state index is 6.10. The number of aromatic nitrogens is 3. The highest BCUT2D eigenvalue weighted by molar-refractivity contribution is 6.30. The summed E-state index contributed by atoms with van der Waals surface area (Å²) >= 11 is 6.10. The van der Waals surface area contributed by atoms with Crippen molar-refractivity contribution in [2.45, 2.75) is 6.42 Å². The highest BCUT2D eigenvalue weighted by Gasteiger charge is 2.07. The zero-order valence-electron chi connectivity index (χ0n) is 10.2. The molecule has 3 nitrogen and oxygen atoms in total. The largest absolute Gasteiger partial charge is 0.220 e. The Morgan fingerprint density at radius 1 is 1.05 bits per heavy atom. The fraction of sp³-hybridized carbons (Fsp3) is 0.0667. The standard InChI is InChI=1S/C15H12ClN3/c16-14-6-7-15(19-9-8-17-18-19)13(11-14)10-12-4-2-1-3-5-12/h1-9,11H,10H2. The number of nitrogens with zero attached hydrogens (tertiary/aromatic N) is 3. The third-order valence-corrected chi connectivity index (χ3v) is 3.18. The molecule has 0 saturated heterocycles. The molecule has 0 atom stereocenters. The number of benzene rings is 2. The predicted octanol–water partition coefficient (Wildman–Crippen LogP) is 3.51. The second-order valence-corrected chi connectivity index (χ2v) is 4.72. The van der Waals surface area contributed by atoms with E-state index in [9.17, 15) is 0 Å². The molecule has 94 valence electrons. The van der Waals surface area contributed by atoms with Crippen LogP contribution in [0.1, 0.15) is 11.1 Å². The third-order valence-electron chi connectivity index (χ3n) is 2.95. The van der Waals surface area contributed by atoms with E-state index in [0.29, 0.717) is 0 Å². The highest BCUT2D eigenvalue weighted by Crippen LogP contribution is 2.21. The van der Waals surface area contributed by atoms with Crippen LogP contribution in [0.5, 0.6) is 0 Å². The normalized spacial score (nSPS) is 10.6. The van der Waals surface area contributed by atoms with E-state index < -0.39 is 0 Å². The molecule has 0 fully saturated rings. The van der Waals surface area contributed by atoms with Crippen LogP contribution < -0.4 is 0 Å². The van der Waals surface area contributed by atoms with Crippen molar-refractivity contribution in [1.29, 1.82) is 0 Å². The Labute approximate surface area is 116 Å². The Balaban J connectivity index is 2.02. The lowest BCUT2D eigenvalue weighted by Gasteiger charge is -2.09. The first kappa shape index (κ1) is 11.9. The first-order valence-electron chi connectivity index (χ1n) is 6.02. The van der Waals surface area contributed by atoms with Crippen molar-refractivity contribution in [3.05, 3.63) is 77.1 Å². The van der Waals surface area contributed by atoms with E-state index in [0.717, 1.165) is 22.7 Å². The van der Waals surface area contributed by atoms with Crippen LogP contribution in [-0.4, -0.2) is 15.0 Å².